The summed E-state index contributed by atoms with van der Waals surface area (Å²) in [7, 11) is 2.15. The van der Waals surface area contributed by atoms with E-state index in [1.165, 1.54) is 25.5 Å². The van der Waals surface area contributed by atoms with E-state index in [4.69, 9.17) is 18.9 Å². The van der Waals surface area contributed by atoms with Crippen molar-refractivity contribution in [2.45, 2.75) is 25.7 Å². The molecule has 208 valence electrons. The standard InChI is InChI=1S/C15H20FNO.C12H22N2O5/c1-17-7-2-3-11(10-17)9-13-12-6-8-18-15(12)5-4-14(13)16;1-2-12(16)14-4-6-18-8-10-19-9-7-17-5-3-13-11-15/h4-5,11H,2-3,6-10H2,1H3;2,11H,1,3-10H2,(H,13,15)(H,14,16). The molecule has 0 spiro atoms. The summed E-state index contributed by atoms with van der Waals surface area (Å²) in [6.07, 6.45) is 6.03. The molecule has 1 aromatic rings. The number of carbonyl (C=O) groups is 2. The van der Waals surface area contributed by atoms with Crippen LogP contribution in [0.1, 0.15) is 24.0 Å². The number of piperidine rings is 1. The smallest absolute Gasteiger partial charge is 0.243 e. The van der Waals surface area contributed by atoms with Crippen molar-refractivity contribution in [3.05, 3.63) is 41.7 Å². The zero-order valence-corrected chi connectivity index (χ0v) is 22.0. The Bertz CT molecular complexity index is 826. The second-order valence-electron chi connectivity index (χ2n) is 8.98. The van der Waals surface area contributed by atoms with E-state index >= 15 is 0 Å². The Labute approximate surface area is 219 Å². The minimum atomic E-state index is -0.207. The van der Waals surface area contributed by atoms with Crippen molar-refractivity contribution >= 4 is 12.3 Å². The highest BCUT2D eigenvalue weighted by molar-refractivity contribution is 5.86. The van der Waals surface area contributed by atoms with Gasteiger partial charge >= 0.3 is 0 Å². The Morgan fingerprint density at radius 3 is 2.54 bits per heavy atom. The fourth-order valence-electron chi connectivity index (χ4n) is 4.31. The van der Waals surface area contributed by atoms with Crippen molar-refractivity contribution in [3.8, 4) is 5.75 Å². The third-order valence-electron chi connectivity index (χ3n) is 6.10. The number of nitrogens with one attached hydrogen (secondary N) is 2. The predicted molar refractivity (Wildman–Crippen MR) is 139 cm³/mol. The predicted octanol–water partition coefficient (Wildman–Crippen LogP) is 1.73. The van der Waals surface area contributed by atoms with Crippen molar-refractivity contribution in [3.63, 3.8) is 0 Å². The molecule has 3 rings (SSSR count). The molecule has 1 atom stereocenters. The summed E-state index contributed by atoms with van der Waals surface area (Å²) in [6, 6.07) is 3.33. The van der Waals surface area contributed by atoms with Gasteiger partial charge in [-0.25, -0.2) is 4.39 Å². The van der Waals surface area contributed by atoms with Gasteiger partial charge in [0.2, 0.25) is 12.3 Å². The molecule has 10 heteroatoms. The Hall–Kier alpha value is -2.53. The summed E-state index contributed by atoms with van der Waals surface area (Å²) in [5, 5.41) is 5.08. The Balaban J connectivity index is 0.000000260. The van der Waals surface area contributed by atoms with Crippen LogP contribution in [0.4, 0.5) is 4.39 Å². The van der Waals surface area contributed by atoms with Crippen LogP contribution < -0.4 is 15.4 Å². The number of fused-ring (bicyclic) bond motifs is 1. The highest BCUT2D eigenvalue weighted by atomic mass is 19.1. The maximum Gasteiger partial charge on any atom is 0.243 e. The van der Waals surface area contributed by atoms with Crippen LogP contribution in [0.25, 0.3) is 0 Å². The average molecular weight is 524 g/mol. The van der Waals surface area contributed by atoms with E-state index < -0.39 is 0 Å². The second-order valence-corrected chi connectivity index (χ2v) is 8.98. The van der Waals surface area contributed by atoms with E-state index in [0.29, 0.717) is 71.7 Å². The maximum absolute atomic E-state index is 14.0. The van der Waals surface area contributed by atoms with E-state index in [-0.39, 0.29) is 11.7 Å². The lowest BCUT2D eigenvalue weighted by Crippen LogP contribution is -2.33. The monoisotopic (exact) mass is 523 g/mol. The molecule has 0 saturated carbocycles. The van der Waals surface area contributed by atoms with Crippen molar-refractivity contribution < 1.29 is 32.9 Å². The van der Waals surface area contributed by atoms with Crippen LogP contribution in [-0.4, -0.2) is 96.7 Å². The van der Waals surface area contributed by atoms with Crippen molar-refractivity contribution in [2.24, 2.45) is 5.92 Å². The SMILES string of the molecule is C=CC(=O)NCCOCCOCCOCCNC=O.CN1CCCC(Cc2c(F)ccc3c2CCO3)C1. The van der Waals surface area contributed by atoms with E-state index in [0.717, 1.165) is 36.3 Å². The van der Waals surface area contributed by atoms with Gasteiger partial charge in [0.25, 0.3) is 0 Å². The molecule has 0 radical (unpaired) electrons. The molecule has 1 aromatic carbocycles. The van der Waals surface area contributed by atoms with E-state index in [1.807, 2.05) is 0 Å². The molecule has 2 amide bonds. The fourth-order valence-corrected chi connectivity index (χ4v) is 4.31. The summed E-state index contributed by atoms with van der Waals surface area (Å²) < 4.78 is 35.2. The molecule has 2 aliphatic rings. The first-order valence-electron chi connectivity index (χ1n) is 13.0. The van der Waals surface area contributed by atoms with Gasteiger partial charge in [-0.2, -0.15) is 0 Å². The fraction of sp³-hybridized carbons (Fsp3) is 0.630. The van der Waals surface area contributed by atoms with E-state index in [1.54, 1.807) is 12.1 Å². The molecule has 2 heterocycles. The van der Waals surface area contributed by atoms with Crippen molar-refractivity contribution in [1.82, 2.24) is 15.5 Å². The molecule has 9 nitrogen and oxygen atoms in total. The van der Waals surface area contributed by atoms with E-state index in [2.05, 4.69) is 29.2 Å². The van der Waals surface area contributed by atoms with Gasteiger partial charge in [0, 0.05) is 31.6 Å². The number of hydrogen-bond donors (Lipinski definition) is 2. The topological polar surface area (TPSA) is 98.4 Å². The van der Waals surface area contributed by atoms with E-state index in [9.17, 15) is 14.0 Å². The van der Waals surface area contributed by atoms with Crippen LogP contribution in [0.3, 0.4) is 0 Å². The number of nitrogens with zero attached hydrogens (tertiary/aromatic N) is 1. The summed E-state index contributed by atoms with van der Waals surface area (Å²) in [5.41, 5.74) is 2.02. The first-order valence-corrected chi connectivity index (χ1v) is 13.0. The summed E-state index contributed by atoms with van der Waals surface area (Å²) in [6.45, 7) is 10.1. The van der Waals surface area contributed by atoms with Gasteiger partial charge in [0.1, 0.15) is 11.6 Å². The highest BCUT2D eigenvalue weighted by Crippen LogP contribution is 2.33. The highest BCUT2D eigenvalue weighted by Gasteiger charge is 2.24. The third kappa shape index (κ3) is 12.5. The number of ether oxygens (including phenoxy) is 4. The molecule has 1 fully saturated rings. The summed E-state index contributed by atoms with van der Waals surface area (Å²) in [4.78, 5) is 23.0. The first kappa shape index (κ1) is 30.7. The van der Waals surface area contributed by atoms with Crippen LogP contribution in [0.15, 0.2) is 24.8 Å². The molecule has 0 aromatic heterocycles. The molecule has 2 aliphatic heterocycles. The molecular weight excluding hydrogens is 481 g/mol. The number of rotatable bonds is 16. The van der Waals surface area contributed by atoms with Crippen LogP contribution in [0.5, 0.6) is 5.75 Å². The van der Waals surface area contributed by atoms with Gasteiger partial charge in [-0.05, 0) is 62.5 Å². The van der Waals surface area contributed by atoms with Crippen molar-refractivity contribution in [1.29, 1.82) is 0 Å². The molecule has 0 aliphatic carbocycles. The minimum absolute atomic E-state index is 0.0486. The van der Waals surface area contributed by atoms with Crippen LogP contribution in [0, 0.1) is 11.7 Å². The number of halogens is 1. The van der Waals surface area contributed by atoms with Gasteiger partial charge in [-0.15, -0.1) is 0 Å². The van der Waals surface area contributed by atoms with Gasteiger partial charge in [0.05, 0.1) is 46.2 Å². The molecule has 37 heavy (non-hydrogen) atoms. The van der Waals surface area contributed by atoms with Gasteiger partial charge < -0.3 is 34.5 Å². The zero-order chi connectivity index (χ0) is 26.7. The number of benzene rings is 1. The van der Waals surface area contributed by atoms with Gasteiger partial charge in [0.15, 0.2) is 0 Å². The minimum Gasteiger partial charge on any atom is -0.493 e. The summed E-state index contributed by atoms with van der Waals surface area (Å²) in [5.74, 6) is 1.23. The average Bonchev–Trinajstić information content (AvgIpc) is 3.38. The Kier molecular flexibility index (Phi) is 15.5. The van der Waals surface area contributed by atoms with Crippen molar-refractivity contribution in [2.75, 3.05) is 79.5 Å². The molecule has 0 bridgehead atoms. The number of hydrogen-bond acceptors (Lipinski definition) is 7. The van der Waals surface area contributed by atoms with Crippen LogP contribution >= 0.6 is 0 Å². The third-order valence-corrected chi connectivity index (χ3v) is 6.10. The summed E-state index contributed by atoms with van der Waals surface area (Å²) >= 11 is 0. The van der Waals surface area contributed by atoms with Gasteiger partial charge in [-0.3, -0.25) is 9.59 Å². The first-order chi connectivity index (χ1) is 18.0. The number of likely N-dealkylation sites (tertiary alicyclic amines) is 1. The maximum atomic E-state index is 14.0. The van der Waals surface area contributed by atoms with Gasteiger partial charge in [-0.1, -0.05) is 6.58 Å². The zero-order valence-electron chi connectivity index (χ0n) is 22.0. The molecular formula is C27H42FN3O6. The lowest BCUT2D eigenvalue weighted by Gasteiger charge is -2.30. The van der Waals surface area contributed by atoms with Crippen LogP contribution in [-0.2, 0) is 36.6 Å². The second kappa shape index (κ2) is 18.7. The molecule has 1 unspecified atom stereocenters. The molecule has 2 N–H and O–H groups in total. The molecule has 1 saturated heterocycles. The largest absolute Gasteiger partial charge is 0.493 e. The lowest BCUT2D eigenvalue weighted by molar-refractivity contribution is -0.116. The Morgan fingerprint density at radius 1 is 1.16 bits per heavy atom. The lowest BCUT2D eigenvalue weighted by atomic mass is 9.89. The Morgan fingerprint density at radius 2 is 1.86 bits per heavy atom. The quantitative estimate of drug-likeness (QED) is 0.193. The number of amides is 2. The van der Waals surface area contributed by atoms with Crippen LogP contribution in [0.2, 0.25) is 0 Å². The normalized spacial score (nSPS) is 16.6. The number of carbonyl (C=O) groups excluding carboxylic acids is 2.